The minimum Gasteiger partial charge on any atom is -0.478 e. The Kier molecular flexibility index (Phi) is 4.71. The SMILES string of the molecule is CCOC(=O)[C@]12[C@H](Cl)c3ccccc3C1(CC)C(C(=O)O)=C(C)N[C@]2(C)C#N. The third kappa shape index (κ3) is 2.03. The molecule has 0 spiro atoms. The smallest absolute Gasteiger partial charge is 0.334 e. The Balaban J connectivity index is 2.58. The summed E-state index contributed by atoms with van der Waals surface area (Å²) in [5.74, 6) is -1.82. The molecule has 4 atom stereocenters. The molecule has 1 aromatic carbocycles. The summed E-state index contributed by atoms with van der Waals surface area (Å²) >= 11 is 6.95. The number of carboxylic acid groups (broad SMARTS) is 1. The van der Waals surface area contributed by atoms with Crippen LogP contribution < -0.4 is 5.32 Å². The van der Waals surface area contributed by atoms with Crippen LogP contribution in [0.15, 0.2) is 35.5 Å². The van der Waals surface area contributed by atoms with Crippen molar-refractivity contribution in [3.8, 4) is 6.07 Å². The van der Waals surface area contributed by atoms with Crippen molar-refractivity contribution in [3.63, 3.8) is 0 Å². The van der Waals surface area contributed by atoms with Crippen molar-refractivity contribution in [2.45, 2.75) is 50.4 Å². The Morgan fingerprint density at radius 1 is 1.36 bits per heavy atom. The number of carbonyl (C=O) groups is 2. The van der Waals surface area contributed by atoms with Gasteiger partial charge in [0.2, 0.25) is 0 Å². The molecular formula is C21H23ClN2O4. The van der Waals surface area contributed by atoms with Crippen LogP contribution in [0.2, 0.25) is 0 Å². The highest BCUT2D eigenvalue weighted by molar-refractivity contribution is 6.24. The largest absolute Gasteiger partial charge is 0.478 e. The minimum absolute atomic E-state index is 0.0476. The lowest BCUT2D eigenvalue weighted by Crippen LogP contribution is -2.71. The normalized spacial score (nSPS) is 33.4. The predicted octanol–water partition coefficient (Wildman–Crippen LogP) is 3.42. The summed E-state index contributed by atoms with van der Waals surface area (Å²) < 4.78 is 5.45. The van der Waals surface area contributed by atoms with Crippen molar-refractivity contribution in [1.29, 1.82) is 5.26 Å². The molecule has 0 amide bonds. The number of carboxylic acids is 1. The number of hydrogen-bond acceptors (Lipinski definition) is 5. The predicted molar refractivity (Wildman–Crippen MR) is 104 cm³/mol. The summed E-state index contributed by atoms with van der Waals surface area (Å²) in [5, 5.41) is 22.4. The summed E-state index contributed by atoms with van der Waals surface area (Å²) in [6.45, 7) is 6.80. The molecule has 0 bridgehead atoms. The molecule has 7 heteroatoms. The van der Waals surface area contributed by atoms with E-state index >= 15 is 0 Å². The van der Waals surface area contributed by atoms with E-state index in [-0.39, 0.29) is 18.6 Å². The van der Waals surface area contributed by atoms with Gasteiger partial charge < -0.3 is 15.2 Å². The summed E-state index contributed by atoms with van der Waals surface area (Å²) in [5.41, 5.74) is -2.75. The van der Waals surface area contributed by atoms with E-state index in [4.69, 9.17) is 16.3 Å². The molecule has 2 N–H and O–H groups in total. The van der Waals surface area contributed by atoms with E-state index in [2.05, 4.69) is 11.4 Å². The maximum absolute atomic E-state index is 13.6. The van der Waals surface area contributed by atoms with Gasteiger partial charge in [0.05, 0.1) is 29.0 Å². The lowest BCUT2D eigenvalue weighted by Gasteiger charge is -2.56. The molecule has 0 saturated heterocycles. The molecule has 1 unspecified atom stereocenters. The Morgan fingerprint density at radius 2 is 2.00 bits per heavy atom. The number of fused-ring (bicyclic) bond motifs is 3. The summed E-state index contributed by atoms with van der Waals surface area (Å²) in [6, 6.07) is 9.40. The maximum Gasteiger partial charge on any atom is 0.334 e. The Bertz CT molecular complexity index is 937. The zero-order chi connectivity index (χ0) is 20.9. The van der Waals surface area contributed by atoms with Crippen LogP contribution in [0.25, 0.3) is 0 Å². The second-order valence-corrected chi connectivity index (χ2v) is 7.84. The third-order valence-electron chi connectivity index (χ3n) is 6.34. The molecule has 0 radical (unpaired) electrons. The van der Waals surface area contributed by atoms with Gasteiger partial charge in [-0.2, -0.15) is 5.26 Å². The van der Waals surface area contributed by atoms with Gasteiger partial charge in [0.1, 0.15) is 11.0 Å². The van der Waals surface area contributed by atoms with Crippen molar-refractivity contribution in [3.05, 3.63) is 46.7 Å². The second-order valence-electron chi connectivity index (χ2n) is 7.40. The first-order valence-electron chi connectivity index (χ1n) is 9.24. The molecule has 0 fully saturated rings. The molecule has 1 heterocycles. The first kappa shape index (κ1) is 20.2. The van der Waals surface area contributed by atoms with Gasteiger partial charge in [0, 0.05) is 5.70 Å². The van der Waals surface area contributed by atoms with Crippen LogP contribution in [0, 0.1) is 16.7 Å². The first-order valence-corrected chi connectivity index (χ1v) is 9.68. The number of benzene rings is 1. The van der Waals surface area contributed by atoms with Gasteiger partial charge in [-0.25, -0.2) is 4.79 Å². The number of carbonyl (C=O) groups excluding carboxylic acids is 1. The van der Waals surface area contributed by atoms with E-state index in [1.54, 1.807) is 45.0 Å². The number of hydrogen-bond donors (Lipinski definition) is 2. The van der Waals surface area contributed by atoms with Crippen molar-refractivity contribution in [1.82, 2.24) is 5.32 Å². The number of nitrogens with one attached hydrogen (secondary N) is 1. The zero-order valence-corrected chi connectivity index (χ0v) is 17.1. The summed E-state index contributed by atoms with van der Waals surface area (Å²) in [6.07, 6.45) is 0.268. The van der Waals surface area contributed by atoms with Crippen LogP contribution >= 0.6 is 11.6 Å². The van der Waals surface area contributed by atoms with Gasteiger partial charge in [-0.15, -0.1) is 11.6 Å². The first-order chi connectivity index (χ1) is 13.2. The topological polar surface area (TPSA) is 99.4 Å². The molecule has 2 aliphatic rings. The molecule has 148 valence electrons. The zero-order valence-electron chi connectivity index (χ0n) is 16.3. The number of nitrogens with zero attached hydrogens (tertiary/aromatic N) is 1. The van der Waals surface area contributed by atoms with E-state index in [1.165, 1.54) is 0 Å². The number of esters is 1. The standard InChI is InChI=1S/C21H23ClN2O4/c1-5-20-14-10-8-7-9-13(14)16(22)21(20,18(27)28-6-2)19(4,11-23)24-12(3)15(20)17(25)26/h7-10,16,24H,5-6H2,1-4H3,(H,25,26)/t16-,19-,20?,21+/m1/s1. The van der Waals surface area contributed by atoms with Gasteiger partial charge in [-0.3, -0.25) is 4.79 Å². The van der Waals surface area contributed by atoms with E-state index in [0.29, 0.717) is 16.8 Å². The van der Waals surface area contributed by atoms with Gasteiger partial charge >= 0.3 is 11.9 Å². The summed E-state index contributed by atoms with van der Waals surface area (Å²) in [4.78, 5) is 26.0. The molecule has 0 saturated carbocycles. The third-order valence-corrected chi connectivity index (χ3v) is 6.90. The van der Waals surface area contributed by atoms with Gasteiger partial charge in [-0.05, 0) is 38.3 Å². The van der Waals surface area contributed by atoms with Crippen LogP contribution in [0.1, 0.15) is 50.6 Å². The molecule has 28 heavy (non-hydrogen) atoms. The van der Waals surface area contributed by atoms with Crippen LogP contribution in [0.3, 0.4) is 0 Å². The van der Waals surface area contributed by atoms with Crippen LogP contribution in [0.4, 0.5) is 0 Å². The fraction of sp³-hybridized carbons (Fsp3) is 0.476. The Morgan fingerprint density at radius 3 is 2.54 bits per heavy atom. The number of aliphatic carboxylic acids is 1. The molecule has 0 aromatic heterocycles. The van der Waals surface area contributed by atoms with E-state index in [9.17, 15) is 20.0 Å². The van der Waals surface area contributed by atoms with E-state index in [1.807, 2.05) is 6.92 Å². The van der Waals surface area contributed by atoms with Crippen molar-refractivity contribution in [2.24, 2.45) is 5.41 Å². The van der Waals surface area contributed by atoms with Crippen molar-refractivity contribution >= 4 is 23.5 Å². The van der Waals surface area contributed by atoms with Crippen LogP contribution in [-0.2, 0) is 19.7 Å². The fourth-order valence-electron chi connectivity index (χ4n) is 5.47. The van der Waals surface area contributed by atoms with Crippen molar-refractivity contribution < 1.29 is 19.4 Å². The number of alkyl halides is 1. The quantitative estimate of drug-likeness (QED) is 0.591. The number of ether oxygens (including phenoxy) is 1. The highest BCUT2D eigenvalue weighted by Gasteiger charge is 2.78. The molecule has 1 aromatic rings. The lowest BCUT2D eigenvalue weighted by molar-refractivity contribution is -0.166. The molecule has 1 aliphatic carbocycles. The Labute approximate surface area is 169 Å². The van der Waals surface area contributed by atoms with Gasteiger partial charge in [0.15, 0.2) is 0 Å². The average molecular weight is 403 g/mol. The number of halogens is 1. The van der Waals surface area contributed by atoms with E-state index in [0.717, 1.165) is 0 Å². The summed E-state index contributed by atoms with van der Waals surface area (Å²) in [7, 11) is 0. The minimum atomic E-state index is -1.65. The number of rotatable bonds is 4. The Hall–Kier alpha value is -2.52. The van der Waals surface area contributed by atoms with Gasteiger partial charge in [-0.1, -0.05) is 31.2 Å². The highest BCUT2D eigenvalue weighted by atomic mass is 35.5. The second kappa shape index (κ2) is 6.52. The fourth-order valence-corrected chi connectivity index (χ4v) is 6.15. The van der Waals surface area contributed by atoms with Crippen molar-refractivity contribution in [2.75, 3.05) is 6.61 Å². The van der Waals surface area contributed by atoms with E-state index < -0.39 is 33.7 Å². The molecule has 1 aliphatic heterocycles. The molecule has 6 nitrogen and oxygen atoms in total. The van der Waals surface area contributed by atoms with Crippen LogP contribution in [-0.4, -0.2) is 29.2 Å². The number of nitriles is 1. The highest BCUT2D eigenvalue weighted by Crippen LogP contribution is 2.71. The average Bonchev–Trinajstić information content (AvgIpc) is 2.89. The monoisotopic (exact) mass is 402 g/mol. The maximum atomic E-state index is 13.6. The van der Waals surface area contributed by atoms with Gasteiger partial charge in [0.25, 0.3) is 0 Å². The molecular weight excluding hydrogens is 380 g/mol. The molecule has 3 rings (SSSR count). The van der Waals surface area contributed by atoms with Crippen LogP contribution in [0.5, 0.6) is 0 Å². The number of allylic oxidation sites excluding steroid dienone is 1. The lowest BCUT2D eigenvalue weighted by atomic mass is 9.49.